The first kappa shape index (κ1) is 22.5. The van der Waals surface area contributed by atoms with Gasteiger partial charge in [-0.3, -0.25) is 14.4 Å². The smallest absolute Gasteiger partial charge is 0.259 e. The van der Waals surface area contributed by atoms with E-state index < -0.39 is 11.8 Å². The van der Waals surface area contributed by atoms with E-state index in [2.05, 4.69) is 15.7 Å². The number of nitrogens with two attached hydrogens (primary N) is 1. The van der Waals surface area contributed by atoms with Gasteiger partial charge in [0.25, 0.3) is 11.8 Å². The highest BCUT2D eigenvalue weighted by Gasteiger charge is 2.19. The molecule has 170 valence electrons. The summed E-state index contributed by atoms with van der Waals surface area (Å²) >= 11 is 0. The van der Waals surface area contributed by atoms with Gasteiger partial charge >= 0.3 is 0 Å². The third kappa shape index (κ3) is 5.18. The second-order valence-electron chi connectivity index (χ2n) is 7.72. The number of aromatic nitrogens is 2. The molecular weight excluding hydrogens is 430 g/mol. The highest BCUT2D eigenvalue weighted by molar-refractivity contribution is 6.08. The van der Waals surface area contributed by atoms with E-state index in [1.54, 1.807) is 29.1 Å². The van der Waals surface area contributed by atoms with Crippen LogP contribution in [0.15, 0.2) is 85.1 Å². The Balaban J connectivity index is 1.64. The minimum absolute atomic E-state index is 0.270. The van der Waals surface area contributed by atoms with Crippen molar-refractivity contribution in [3.05, 3.63) is 102 Å². The summed E-state index contributed by atoms with van der Waals surface area (Å²) in [6.45, 7) is 1.73. The second-order valence-corrected chi connectivity index (χ2v) is 7.72. The summed E-state index contributed by atoms with van der Waals surface area (Å²) in [4.78, 5) is 36.4. The SMILES string of the molecule is Cc1ccc(-n2cc(C(=O)Nc3cccc(C(=O)NCC(N)=O)c3)c(-c3ccccc3)n2)cc1. The average molecular weight is 454 g/mol. The minimum atomic E-state index is -0.642. The fourth-order valence-corrected chi connectivity index (χ4v) is 3.39. The fraction of sp³-hybridized carbons (Fsp3) is 0.0769. The van der Waals surface area contributed by atoms with Crippen molar-refractivity contribution in [1.29, 1.82) is 0 Å². The van der Waals surface area contributed by atoms with Gasteiger partial charge in [-0.25, -0.2) is 4.68 Å². The molecule has 34 heavy (non-hydrogen) atoms. The number of rotatable bonds is 7. The van der Waals surface area contributed by atoms with Crippen LogP contribution in [-0.2, 0) is 4.79 Å². The molecule has 0 aliphatic carbocycles. The first-order valence-electron chi connectivity index (χ1n) is 10.6. The molecule has 3 amide bonds. The van der Waals surface area contributed by atoms with Gasteiger partial charge in [-0.2, -0.15) is 5.10 Å². The summed E-state index contributed by atoms with van der Waals surface area (Å²) < 4.78 is 1.67. The minimum Gasteiger partial charge on any atom is -0.368 e. The number of benzene rings is 3. The molecule has 4 N–H and O–H groups in total. The number of nitrogens with one attached hydrogen (secondary N) is 2. The molecule has 0 aliphatic rings. The Labute approximate surface area is 196 Å². The van der Waals surface area contributed by atoms with Crippen LogP contribution < -0.4 is 16.4 Å². The lowest BCUT2D eigenvalue weighted by atomic mass is 10.1. The first-order valence-corrected chi connectivity index (χ1v) is 10.6. The number of aryl methyl sites for hydroxylation is 1. The Morgan fingerprint density at radius 1 is 0.912 bits per heavy atom. The van der Waals surface area contributed by atoms with Crippen molar-refractivity contribution in [3.63, 3.8) is 0 Å². The van der Waals surface area contributed by atoms with Crippen molar-refractivity contribution in [1.82, 2.24) is 15.1 Å². The predicted octanol–water partition coefficient (Wildman–Crippen LogP) is 3.32. The van der Waals surface area contributed by atoms with E-state index in [1.165, 1.54) is 6.07 Å². The van der Waals surface area contributed by atoms with Gasteiger partial charge in [-0.1, -0.05) is 54.1 Å². The number of carbonyl (C=O) groups is 3. The first-order chi connectivity index (χ1) is 16.4. The molecule has 0 spiro atoms. The van der Waals surface area contributed by atoms with E-state index >= 15 is 0 Å². The molecule has 0 unspecified atom stereocenters. The number of amides is 3. The lowest BCUT2D eigenvalue weighted by molar-refractivity contribution is -0.117. The van der Waals surface area contributed by atoms with Gasteiger partial charge in [0.15, 0.2) is 0 Å². The van der Waals surface area contributed by atoms with E-state index in [1.807, 2.05) is 61.5 Å². The molecular formula is C26H23N5O3. The summed E-state index contributed by atoms with van der Waals surface area (Å²) in [6, 6.07) is 23.7. The second kappa shape index (κ2) is 9.83. The number of nitrogens with zero attached hydrogens (tertiary/aromatic N) is 2. The fourth-order valence-electron chi connectivity index (χ4n) is 3.39. The zero-order valence-corrected chi connectivity index (χ0v) is 18.5. The maximum atomic E-state index is 13.3. The van der Waals surface area contributed by atoms with Gasteiger partial charge in [0.1, 0.15) is 5.69 Å². The van der Waals surface area contributed by atoms with E-state index in [4.69, 9.17) is 5.73 Å². The van der Waals surface area contributed by atoms with Crippen molar-refractivity contribution in [3.8, 4) is 16.9 Å². The monoisotopic (exact) mass is 453 g/mol. The molecule has 8 heteroatoms. The summed E-state index contributed by atoms with van der Waals surface area (Å²) in [7, 11) is 0. The zero-order valence-electron chi connectivity index (χ0n) is 18.5. The topological polar surface area (TPSA) is 119 Å². The number of anilines is 1. The largest absolute Gasteiger partial charge is 0.368 e. The Bertz CT molecular complexity index is 1340. The van der Waals surface area contributed by atoms with Crippen LogP contribution >= 0.6 is 0 Å². The maximum absolute atomic E-state index is 13.3. The van der Waals surface area contributed by atoms with Gasteiger partial charge in [0.05, 0.1) is 17.8 Å². The number of hydrogen-bond acceptors (Lipinski definition) is 4. The predicted molar refractivity (Wildman–Crippen MR) is 130 cm³/mol. The van der Waals surface area contributed by atoms with Crippen molar-refractivity contribution < 1.29 is 14.4 Å². The van der Waals surface area contributed by atoms with Crippen molar-refractivity contribution in [2.24, 2.45) is 5.73 Å². The molecule has 0 bridgehead atoms. The molecule has 0 fully saturated rings. The van der Waals surface area contributed by atoms with Crippen LogP contribution in [0.2, 0.25) is 0 Å². The van der Waals surface area contributed by atoms with Crippen LogP contribution in [0.1, 0.15) is 26.3 Å². The van der Waals surface area contributed by atoms with Gasteiger partial charge < -0.3 is 16.4 Å². The van der Waals surface area contributed by atoms with Gasteiger partial charge in [0, 0.05) is 23.0 Å². The molecule has 4 aromatic rings. The summed E-state index contributed by atoms with van der Waals surface area (Å²) in [5.74, 6) is -1.48. The van der Waals surface area contributed by atoms with Crippen molar-refractivity contribution in [2.75, 3.05) is 11.9 Å². The van der Waals surface area contributed by atoms with Crippen molar-refractivity contribution >= 4 is 23.4 Å². The molecule has 1 aromatic heterocycles. The number of carbonyl (C=O) groups excluding carboxylic acids is 3. The van der Waals surface area contributed by atoms with Crippen LogP contribution in [0.25, 0.3) is 16.9 Å². The molecule has 3 aromatic carbocycles. The Morgan fingerprint density at radius 2 is 1.65 bits per heavy atom. The van der Waals surface area contributed by atoms with Gasteiger partial charge in [0.2, 0.25) is 5.91 Å². The summed E-state index contributed by atoms with van der Waals surface area (Å²) in [5.41, 5.74) is 9.47. The average Bonchev–Trinajstić information content (AvgIpc) is 3.29. The molecule has 1 heterocycles. The molecule has 0 radical (unpaired) electrons. The van der Waals surface area contributed by atoms with E-state index in [0.29, 0.717) is 16.9 Å². The zero-order chi connectivity index (χ0) is 24.1. The highest BCUT2D eigenvalue weighted by atomic mass is 16.2. The van der Waals surface area contributed by atoms with Crippen molar-refractivity contribution in [2.45, 2.75) is 6.92 Å². The quantitative estimate of drug-likeness (QED) is 0.398. The Morgan fingerprint density at radius 3 is 2.35 bits per heavy atom. The van der Waals surface area contributed by atoms with Crippen LogP contribution in [0.4, 0.5) is 5.69 Å². The lowest BCUT2D eigenvalue weighted by Gasteiger charge is -2.08. The van der Waals surface area contributed by atoms with Gasteiger partial charge in [-0.05, 0) is 37.3 Å². The molecule has 4 rings (SSSR count). The van der Waals surface area contributed by atoms with Crippen LogP contribution in [0, 0.1) is 6.92 Å². The summed E-state index contributed by atoms with van der Waals surface area (Å²) in [5, 5.41) is 9.94. The van der Waals surface area contributed by atoms with E-state index in [0.717, 1.165) is 16.8 Å². The van der Waals surface area contributed by atoms with Crippen LogP contribution in [-0.4, -0.2) is 34.0 Å². The number of primary amides is 1. The third-order valence-corrected chi connectivity index (χ3v) is 5.11. The normalized spacial score (nSPS) is 10.5. The molecule has 0 atom stereocenters. The molecule has 0 saturated heterocycles. The molecule has 0 saturated carbocycles. The lowest BCUT2D eigenvalue weighted by Crippen LogP contribution is -2.33. The molecule has 0 aliphatic heterocycles. The van der Waals surface area contributed by atoms with E-state index in [-0.39, 0.29) is 18.0 Å². The van der Waals surface area contributed by atoms with Crippen LogP contribution in [0.5, 0.6) is 0 Å². The highest BCUT2D eigenvalue weighted by Crippen LogP contribution is 2.25. The van der Waals surface area contributed by atoms with Gasteiger partial charge in [-0.15, -0.1) is 0 Å². The Hall–Kier alpha value is -4.72. The maximum Gasteiger partial charge on any atom is 0.259 e. The standard InChI is InChI=1S/C26H23N5O3/c1-17-10-12-21(13-11-17)31-16-22(24(30-31)18-6-3-2-4-7-18)26(34)29-20-9-5-8-19(14-20)25(33)28-15-23(27)32/h2-14,16H,15H2,1H3,(H2,27,32)(H,28,33)(H,29,34). The van der Waals surface area contributed by atoms with Crippen LogP contribution in [0.3, 0.4) is 0 Å². The Kier molecular flexibility index (Phi) is 6.49. The molecule has 8 nitrogen and oxygen atoms in total. The summed E-state index contributed by atoms with van der Waals surface area (Å²) in [6.07, 6.45) is 1.69. The third-order valence-electron chi connectivity index (χ3n) is 5.11. The number of hydrogen-bond donors (Lipinski definition) is 3. The van der Waals surface area contributed by atoms with E-state index in [9.17, 15) is 14.4 Å².